The van der Waals surface area contributed by atoms with Crippen LogP contribution in [0.1, 0.15) is 38.2 Å². The molecule has 19 heavy (non-hydrogen) atoms. The molecule has 0 unspecified atom stereocenters. The first-order chi connectivity index (χ1) is 9.13. The van der Waals surface area contributed by atoms with Crippen molar-refractivity contribution in [3.8, 4) is 0 Å². The number of carbonyl (C=O) groups is 2. The van der Waals surface area contributed by atoms with E-state index in [9.17, 15) is 9.59 Å². The number of carboxylic acid groups (broad SMARTS) is 1. The normalized spacial score (nSPS) is 10.2. The van der Waals surface area contributed by atoms with Crippen molar-refractivity contribution in [1.29, 1.82) is 0 Å². The highest BCUT2D eigenvalue weighted by molar-refractivity contribution is 5.77. The molecule has 0 aliphatic heterocycles. The van der Waals surface area contributed by atoms with E-state index >= 15 is 0 Å². The molecule has 1 heterocycles. The molecule has 0 bridgehead atoms. The van der Waals surface area contributed by atoms with Gasteiger partial charge in [-0.2, -0.15) is 0 Å². The SMILES string of the molecule is CCCCC(=O)N(CCC(=O)O)Cc1ccncc1. The predicted octanol–water partition coefficient (Wildman–Crippen LogP) is 2.08. The number of aliphatic carboxylic acids is 1. The molecule has 5 nitrogen and oxygen atoms in total. The zero-order valence-electron chi connectivity index (χ0n) is 11.2. The molecular weight excluding hydrogens is 244 g/mol. The van der Waals surface area contributed by atoms with Gasteiger partial charge in [0.1, 0.15) is 0 Å². The van der Waals surface area contributed by atoms with Gasteiger partial charge in [-0.1, -0.05) is 13.3 Å². The molecule has 0 aromatic carbocycles. The first-order valence-electron chi connectivity index (χ1n) is 6.52. The molecule has 0 radical (unpaired) electrons. The Morgan fingerprint density at radius 3 is 2.53 bits per heavy atom. The monoisotopic (exact) mass is 264 g/mol. The van der Waals surface area contributed by atoms with E-state index in [1.165, 1.54) is 0 Å². The summed E-state index contributed by atoms with van der Waals surface area (Å²) in [4.78, 5) is 28.2. The van der Waals surface area contributed by atoms with Gasteiger partial charge in [-0.05, 0) is 24.1 Å². The molecule has 1 rings (SSSR count). The van der Waals surface area contributed by atoms with Crippen molar-refractivity contribution < 1.29 is 14.7 Å². The number of amides is 1. The Balaban J connectivity index is 2.62. The van der Waals surface area contributed by atoms with E-state index in [1.54, 1.807) is 17.3 Å². The molecule has 0 spiro atoms. The summed E-state index contributed by atoms with van der Waals surface area (Å²) in [6.45, 7) is 2.72. The van der Waals surface area contributed by atoms with Crippen LogP contribution < -0.4 is 0 Å². The Hall–Kier alpha value is -1.91. The van der Waals surface area contributed by atoms with Crippen LogP contribution in [0.4, 0.5) is 0 Å². The molecule has 5 heteroatoms. The highest BCUT2D eigenvalue weighted by atomic mass is 16.4. The lowest BCUT2D eigenvalue weighted by molar-refractivity contribution is -0.138. The molecule has 0 aliphatic rings. The van der Waals surface area contributed by atoms with Crippen LogP contribution in [0, 0.1) is 0 Å². The van der Waals surface area contributed by atoms with Crippen LogP contribution in [0.2, 0.25) is 0 Å². The minimum absolute atomic E-state index is 0.0138. The van der Waals surface area contributed by atoms with Crippen molar-refractivity contribution in [2.24, 2.45) is 0 Å². The van der Waals surface area contributed by atoms with Crippen LogP contribution in [0.3, 0.4) is 0 Å². The summed E-state index contributed by atoms with van der Waals surface area (Å²) in [6.07, 6.45) is 5.57. The maximum Gasteiger partial charge on any atom is 0.305 e. The maximum atomic E-state index is 12.0. The van der Waals surface area contributed by atoms with Gasteiger partial charge in [0.25, 0.3) is 0 Å². The average molecular weight is 264 g/mol. The molecule has 0 atom stereocenters. The van der Waals surface area contributed by atoms with E-state index in [1.807, 2.05) is 19.1 Å². The van der Waals surface area contributed by atoms with Crippen molar-refractivity contribution in [2.45, 2.75) is 39.2 Å². The quantitative estimate of drug-likeness (QED) is 0.780. The van der Waals surface area contributed by atoms with Gasteiger partial charge in [0.15, 0.2) is 0 Å². The van der Waals surface area contributed by atoms with E-state index in [-0.39, 0.29) is 18.9 Å². The first kappa shape index (κ1) is 15.1. The molecule has 0 fully saturated rings. The summed E-state index contributed by atoms with van der Waals surface area (Å²) < 4.78 is 0. The second-order valence-electron chi connectivity index (χ2n) is 4.42. The van der Waals surface area contributed by atoms with Crippen LogP contribution >= 0.6 is 0 Å². The van der Waals surface area contributed by atoms with Crippen LogP contribution in [0.15, 0.2) is 24.5 Å². The third-order valence-electron chi connectivity index (χ3n) is 2.82. The molecule has 104 valence electrons. The molecule has 0 saturated heterocycles. The largest absolute Gasteiger partial charge is 0.481 e. The van der Waals surface area contributed by atoms with Gasteiger partial charge in [-0.25, -0.2) is 0 Å². The number of unbranched alkanes of at least 4 members (excludes halogenated alkanes) is 1. The van der Waals surface area contributed by atoms with Gasteiger partial charge in [0.05, 0.1) is 6.42 Å². The van der Waals surface area contributed by atoms with Crippen molar-refractivity contribution in [3.63, 3.8) is 0 Å². The molecule has 1 aromatic rings. The molecule has 0 saturated carbocycles. The second-order valence-corrected chi connectivity index (χ2v) is 4.42. The summed E-state index contributed by atoms with van der Waals surface area (Å²) in [7, 11) is 0. The Morgan fingerprint density at radius 1 is 1.26 bits per heavy atom. The van der Waals surface area contributed by atoms with E-state index in [0.717, 1.165) is 18.4 Å². The Morgan fingerprint density at radius 2 is 1.95 bits per heavy atom. The lowest BCUT2D eigenvalue weighted by Gasteiger charge is -2.22. The van der Waals surface area contributed by atoms with Crippen molar-refractivity contribution in [3.05, 3.63) is 30.1 Å². The van der Waals surface area contributed by atoms with Crippen LogP contribution in [-0.2, 0) is 16.1 Å². The Labute approximate surface area is 113 Å². The third-order valence-corrected chi connectivity index (χ3v) is 2.82. The standard InChI is InChI=1S/C14H20N2O3/c1-2-3-4-13(17)16(10-7-14(18)19)11-12-5-8-15-9-6-12/h5-6,8-9H,2-4,7,10-11H2,1H3,(H,18,19). The highest BCUT2D eigenvalue weighted by Gasteiger charge is 2.14. The molecule has 1 amide bonds. The van der Waals surface area contributed by atoms with Crippen LogP contribution in [0.5, 0.6) is 0 Å². The van der Waals surface area contributed by atoms with E-state index < -0.39 is 5.97 Å². The zero-order chi connectivity index (χ0) is 14.1. The number of rotatable bonds is 8. The fourth-order valence-electron chi connectivity index (χ4n) is 1.72. The van der Waals surface area contributed by atoms with E-state index in [4.69, 9.17) is 5.11 Å². The summed E-state index contributed by atoms with van der Waals surface area (Å²) in [5, 5.41) is 8.74. The zero-order valence-corrected chi connectivity index (χ0v) is 11.2. The fraction of sp³-hybridized carbons (Fsp3) is 0.500. The van der Waals surface area contributed by atoms with Crippen LogP contribution in [-0.4, -0.2) is 33.4 Å². The number of hydrogen-bond donors (Lipinski definition) is 1. The maximum absolute atomic E-state index is 12.0. The van der Waals surface area contributed by atoms with Crippen molar-refractivity contribution in [2.75, 3.05) is 6.54 Å². The molecule has 1 N–H and O–H groups in total. The molecular formula is C14H20N2O3. The summed E-state index contributed by atoms with van der Waals surface area (Å²) in [5.74, 6) is -0.872. The minimum Gasteiger partial charge on any atom is -0.481 e. The average Bonchev–Trinajstić information content (AvgIpc) is 2.41. The van der Waals surface area contributed by atoms with Gasteiger partial charge in [0.2, 0.25) is 5.91 Å². The number of nitrogens with zero attached hydrogens (tertiary/aromatic N) is 2. The number of pyridine rings is 1. The summed E-state index contributed by atoms with van der Waals surface area (Å²) in [6, 6.07) is 3.67. The van der Waals surface area contributed by atoms with Gasteiger partial charge >= 0.3 is 5.97 Å². The van der Waals surface area contributed by atoms with Crippen molar-refractivity contribution >= 4 is 11.9 Å². The van der Waals surface area contributed by atoms with Gasteiger partial charge in [-0.15, -0.1) is 0 Å². The fourth-order valence-corrected chi connectivity index (χ4v) is 1.72. The number of carboxylic acids is 1. The second kappa shape index (κ2) is 8.24. The lowest BCUT2D eigenvalue weighted by Crippen LogP contribution is -2.32. The highest BCUT2D eigenvalue weighted by Crippen LogP contribution is 2.08. The predicted molar refractivity (Wildman–Crippen MR) is 71.4 cm³/mol. The summed E-state index contributed by atoms with van der Waals surface area (Å²) >= 11 is 0. The van der Waals surface area contributed by atoms with Crippen molar-refractivity contribution in [1.82, 2.24) is 9.88 Å². The number of aromatic nitrogens is 1. The van der Waals surface area contributed by atoms with E-state index in [2.05, 4.69) is 4.98 Å². The first-order valence-corrected chi connectivity index (χ1v) is 6.52. The Bertz CT molecular complexity index is 406. The smallest absolute Gasteiger partial charge is 0.305 e. The lowest BCUT2D eigenvalue weighted by atomic mass is 10.2. The Kier molecular flexibility index (Phi) is 6.57. The third kappa shape index (κ3) is 5.99. The minimum atomic E-state index is -0.886. The molecule has 0 aliphatic carbocycles. The number of hydrogen-bond acceptors (Lipinski definition) is 3. The topological polar surface area (TPSA) is 70.5 Å². The van der Waals surface area contributed by atoms with Crippen LogP contribution in [0.25, 0.3) is 0 Å². The number of carbonyl (C=O) groups excluding carboxylic acids is 1. The molecule has 1 aromatic heterocycles. The van der Waals surface area contributed by atoms with Gasteiger partial charge in [0, 0.05) is 31.9 Å². The van der Waals surface area contributed by atoms with E-state index in [0.29, 0.717) is 13.0 Å². The van der Waals surface area contributed by atoms with Gasteiger partial charge in [-0.3, -0.25) is 14.6 Å². The summed E-state index contributed by atoms with van der Waals surface area (Å²) in [5.41, 5.74) is 0.963. The van der Waals surface area contributed by atoms with Gasteiger partial charge < -0.3 is 10.0 Å².